The number of aromatic carboxylic acids is 1. The molecule has 4 rings (SSSR count). The number of hydrogen-bond donors (Lipinski definition) is 2. The fourth-order valence-corrected chi connectivity index (χ4v) is 3.73. The van der Waals surface area contributed by atoms with Crippen LogP contribution in [0.1, 0.15) is 41.0 Å². The molecule has 2 N–H and O–H groups in total. The molecule has 0 atom stereocenters. The number of aromatic nitrogens is 3. The summed E-state index contributed by atoms with van der Waals surface area (Å²) < 4.78 is 1.28. The molecule has 2 heterocycles. The molecular formula is C17H14ClN3O3. The fraction of sp³-hybridized carbons (Fsp3) is 0.235. The summed E-state index contributed by atoms with van der Waals surface area (Å²) in [6.07, 6.45) is 2.87. The fourth-order valence-electron chi connectivity index (χ4n) is 3.41. The molecule has 7 heteroatoms. The number of fused-ring (bicyclic) bond motifs is 1. The van der Waals surface area contributed by atoms with E-state index in [-0.39, 0.29) is 11.1 Å². The van der Waals surface area contributed by atoms with E-state index in [1.165, 1.54) is 4.52 Å². The van der Waals surface area contributed by atoms with Crippen LogP contribution in [0.2, 0.25) is 5.02 Å². The van der Waals surface area contributed by atoms with E-state index in [1.54, 1.807) is 6.07 Å². The Labute approximate surface area is 141 Å². The normalized spacial score (nSPS) is 16.0. The monoisotopic (exact) mass is 343 g/mol. The Hall–Kier alpha value is -2.60. The van der Waals surface area contributed by atoms with Crippen molar-refractivity contribution in [2.24, 2.45) is 0 Å². The first kappa shape index (κ1) is 15.0. The predicted molar refractivity (Wildman–Crippen MR) is 88.9 cm³/mol. The van der Waals surface area contributed by atoms with E-state index in [0.29, 0.717) is 10.7 Å². The van der Waals surface area contributed by atoms with E-state index in [2.05, 4.69) is 10.1 Å². The number of rotatable bonds is 3. The molecule has 3 aromatic rings. The standard InChI is InChI=1S/C17H14ClN3O3/c18-11-5-2-1-4-10(11)17(6-3-7-17)13-9-14-19-12(16(23)24)8-15(22)21(14)20-13/h1-2,4-5,8-9,20H,3,6-7H2,(H,23,24). The number of nitrogens with one attached hydrogen (secondary N) is 1. The van der Waals surface area contributed by atoms with Crippen LogP contribution in [0.5, 0.6) is 0 Å². The zero-order valence-corrected chi connectivity index (χ0v) is 13.4. The maximum atomic E-state index is 12.2. The molecule has 0 radical (unpaired) electrons. The van der Waals surface area contributed by atoms with Crippen LogP contribution in [0.15, 0.2) is 41.2 Å². The third kappa shape index (κ3) is 2.06. The molecule has 0 amide bonds. The van der Waals surface area contributed by atoms with Gasteiger partial charge in [-0.3, -0.25) is 9.89 Å². The summed E-state index contributed by atoms with van der Waals surface area (Å²) in [5.41, 5.74) is 1.14. The van der Waals surface area contributed by atoms with Crippen molar-refractivity contribution in [3.05, 3.63) is 68.7 Å². The first-order valence-electron chi connectivity index (χ1n) is 7.63. The molecule has 0 unspecified atom stereocenters. The second-order valence-corrected chi connectivity index (χ2v) is 6.47. The van der Waals surface area contributed by atoms with Crippen LogP contribution in [0.3, 0.4) is 0 Å². The van der Waals surface area contributed by atoms with Gasteiger partial charge in [0.05, 0.1) is 0 Å². The minimum absolute atomic E-state index is 0.258. The Bertz CT molecular complexity index is 1020. The van der Waals surface area contributed by atoms with Gasteiger partial charge in [0, 0.05) is 28.3 Å². The molecule has 0 aliphatic heterocycles. The number of benzene rings is 1. The van der Waals surface area contributed by atoms with Gasteiger partial charge in [0.1, 0.15) is 0 Å². The molecule has 1 aromatic carbocycles. The Balaban J connectivity index is 1.92. The van der Waals surface area contributed by atoms with Gasteiger partial charge in [0.25, 0.3) is 5.56 Å². The van der Waals surface area contributed by atoms with Gasteiger partial charge in [-0.15, -0.1) is 0 Å². The molecule has 6 nitrogen and oxygen atoms in total. The van der Waals surface area contributed by atoms with Crippen molar-refractivity contribution in [3.8, 4) is 0 Å². The number of carboxylic acids is 1. The smallest absolute Gasteiger partial charge is 0.354 e. The maximum absolute atomic E-state index is 12.2. The first-order chi connectivity index (χ1) is 11.5. The van der Waals surface area contributed by atoms with Gasteiger partial charge in [-0.25, -0.2) is 14.3 Å². The summed E-state index contributed by atoms with van der Waals surface area (Å²) in [7, 11) is 0. The largest absolute Gasteiger partial charge is 0.477 e. The Kier molecular flexibility index (Phi) is 3.25. The summed E-state index contributed by atoms with van der Waals surface area (Å²) in [6, 6.07) is 10.4. The molecule has 2 aromatic heterocycles. The average molecular weight is 344 g/mol. The number of nitrogens with zero attached hydrogens (tertiary/aromatic N) is 2. The molecule has 1 aliphatic carbocycles. The van der Waals surface area contributed by atoms with Crippen molar-refractivity contribution >= 4 is 23.2 Å². The van der Waals surface area contributed by atoms with Crippen molar-refractivity contribution in [3.63, 3.8) is 0 Å². The molecule has 0 bridgehead atoms. The van der Waals surface area contributed by atoms with Crippen LogP contribution in [0, 0.1) is 0 Å². The number of carboxylic acid groups (broad SMARTS) is 1. The van der Waals surface area contributed by atoms with Gasteiger partial charge in [-0.1, -0.05) is 36.2 Å². The van der Waals surface area contributed by atoms with Gasteiger partial charge in [-0.05, 0) is 24.5 Å². The summed E-state index contributed by atoms with van der Waals surface area (Å²) in [4.78, 5) is 27.3. The third-order valence-corrected chi connectivity index (χ3v) is 5.11. The van der Waals surface area contributed by atoms with Crippen LogP contribution in [0.25, 0.3) is 5.65 Å². The van der Waals surface area contributed by atoms with Crippen LogP contribution in [-0.4, -0.2) is 25.7 Å². The lowest BCUT2D eigenvalue weighted by Gasteiger charge is -2.42. The third-order valence-electron chi connectivity index (χ3n) is 4.78. The highest BCUT2D eigenvalue weighted by atomic mass is 35.5. The summed E-state index contributed by atoms with van der Waals surface area (Å²) in [5.74, 6) is -1.22. The van der Waals surface area contributed by atoms with E-state index in [1.807, 2.05) is 24.3 Å². The van der Waals surface area contributed by atoms with Crippen molar-refractivity contribution in [1.29, 1.82) is 0 Å². The Morgan fingerprint density at radius 1 is 1.29 bits per heavy atom. The Morgan fingerprint density at radius 2 is 2.04 bits per heavy atom. The van der Waals surface area contributed by atoms with E-state index in [4.69, 9.17) is 16.7 Å². The SMILES string of the molecule is O=C(O)c1cc(=O)n2[nH]c(C3(c4ccccc4Cl)CCC3)cc2n1. The summed E-state index contributed by atoms with van der Waals surface area (Å²) in [6.45, 7) is 0. The minimum Gasteiger partial charge on any atom is -0.477 e. The van der Waals surface area contributed by atoms with Gasteiger partial charge in [0.2, 0.25) is 0 Å². The minimum atomic E-state index is -1.22. The highest BCUT2D eigenvalue weighted by Gasteiger charge is 2.43. The molecule has 122 valence electrons. The lowest BCUT2D eigenvalue weighted by Crippen LogP contribution is -2.36. The topological polar surface area (TPSA) is 87.5 Å². The molecule has 1 fully saturated rings. The van der Waals surface area contributed by atoms with Crippen molar-refractivity contribution in [2.45, 2.75) is 24.7 Å². The zero-order valence-electron chi connectivity index (χ0n) is 12.6. The van der Waals surface area contributed by atoms with Gasteiger partial charge in [0.15, 0.2) is 11.3 Å². The lowest BCUT2D eigenvalue weighted by molar-refractivity contribution is 0.0690. The molecule has 24 heavy (non-hydrogen) atoms. The van der Waals surface area contributed by atoms with Crippen molar-refractivity contribution in [2.75, 3.05) is 0 Å². The van der Waals surface area contributed by atoms with Gasteiger partial charge in [-0.2, -0.15) is 0 Å². The average Bonchev–Trinajstić information content (AvgIpc) is 2.92. The van der Waals surface area contributed by atoms with E-state index in [0.717, 1.165) is 36.6 Å². The number of H-pyrrole nitrogens is 1. The number of carbonyl (C=O) groups is 1. The summed E-state index contributed by atoms with van der Waals surface area (Å²) in [5, 5.41) is 12.8. The highest BCUT2D eigenvalue weighted by Crippen LogP contribution is 2.50. The molecule has 1 aliphatic rings. The molecule has 0 saturated heterocycles. The van der Waals surface area contributed by atoms with Gasteiger partial charge < -0.3 is 5.11 Å². The lowest BCUT2D eigenvalue weighted by atomic mass is 9.62. The number of hydrogen-bond acceptors (Lipinski definition) is 3. The van der Waals surface area contributed by atoms with Crippen molar-refractivity contribution in [1.82, 2.24) is 14.6 Å². The quantitative estimate of drug-likeness (QED) is 0.765. The molecule has 1 saturated carbocycles. The molecule has 0 spiro atoms. The van der Waals surface area contributed by atoms with Crippen LogP contribution >= 0.6 is 11.6 Å². The van der Waals surface area contributed by atoms with Crippen LogP contribution in [0.4, 0.5) is 0 Å². The highest BCUT2D eigenvalue weighted by molar-refractivity contribution is 6.31. The summed E-state index contributed by atoms with van der Waals surface area (Å²) >= 11 is 6.39. The second kappa shape index (κ2) is 5.21. The van der Waals surface area contributed by atoms with Crippen LogP contribution in [-0.2, 0) is 5.41 Å². The van der Waals surface area contributed by atoms with E-state index >= 15 is 0 Å². The molecular weight excluding hydrogens is 330 g/mol. The second-order valence-electron chi connectivity index (χ2n) is 6.06. The van der Waals surface area contributed by atoms with Crippen molar-refractivity contribution < 1.29 is 9.90 Å². The first-order valence-corrected chi connectivity index (χ1v) is 8.01. The zero-order chi connectivity index (χ0) is 16.9. The Morgan fingerprint density at radius 3 is 2.67 bits per heavy atom. The van der Waals surface area contributed by atoms with E-state index in [9.17, 15) is 9.59 Å². The predicted octanol–water partition coefficient (Wildman–Crippen LogP) is 2.84. The maximum Gasteiger partial charge on any atom is 0.354 e. The van der Waals surface area contributed by atoms with Gasteiger partial charge >= 0.3 is 5.97 Å². The number of halogens is 1. The van der Waals surface area contributed by atoms with Crippen LogP contribution < -0.4 is 5.56 Å². The van der Waals surface area contributed by atoms with E-state index < -0.39 is 11.5 Å². The number of aromatic amines is 1.